The number of nitrogens with one attached hydrogen (secondary N) is 1. The van der Waals surface area contributed by atoms with E-state index in [0.717, 1.165) is 5.56 Å². The molecule has 0 saturated carbocycles. The van der Waals surface area contributed by atoms with Gasteiger partial charge in [-0.05, 0) is 38.1 Å². The summed E-state index contributed by atoms with van der Waals surface area (Å²) < 4.78 is 14.1. The van der Waals surface area contributed by atoms with Gasteiger partial charge >= 0.3 is 0 Å². The van der Waals surface area contributed by atoms with Gasteiger partial charge in [-0.3, -0.25) is 4.79 Å². The van der Waals surface area contributed by atoms with E-state index in [-0.39, 0.29) is 11.1 Å². The van der Waals surface area contributed by atoms with Crippen LogP contribution in [0, 0.1) is 5.82 Å². The van der Waals surface area contributed by atoms with E-state index in [1.54, 1.807) is 12.3 Å². The van der Waals surface area contributed by atoms with Gasteiger partial charge in [-0.1, -0.05) is 17.7 Å². The predicted molar refractivity (Wildman–Crippen MR) is 102 cm³/mol. The lowest BCUT2D eigenvalue weighted by Gasteiger charge is -2.27. The molecule has 0 unspecified atom stereocenters. The first-order chi connectivity index (χ1) is 12.8. The molecule has 2 heterocycles. The Labute approximate surface area is 160 Å². The van der Waals surface area contributed by atoms with E-state index in [1.165, 1.54) is 30.6 Å². The van der Waals surface area contributed by atoms with E-state index in [1.807, 2.05) is 19.9 Å². The van der Waals surface area contributed by atoms with Crippen LogP contribution >= 0.6 is 11.6 Å². The van der Waals surface area contributed by atoms with Crippen LogP contribution in [0.15, 0.2) is 48.9 Å². The Balaban J connectivity index is 1.87. The van der Waals surface area contributed by atoms with Crippen molar-refractivity contribution in [3.05, 3.63) is 71.0 Å². The molecule has 1 aromatic carbocycles. The molecule has 0 spiro atoms. The Kier molecular flexibility index (Phi) is 5.05. The summed E-state index contributed by atoms with van der Waals surface area (Å²) in [6, 6.07) is 7.56. The fourth-order valence-electron chi connectivity index (χ4n) is 2.63. The van der Waals surface area contributed by atoms with Crippen LogP contribution in [-0.2, 0) is 5.54 Å². The molecule has 2 aromatic heterocycles. The molecule has 138 valence electrons. The van der Waals surface area contributed by atoms with Gasteiger partial charge in [0.05, 0.1) is 5.54 Å². The van der Waals surface area contributed by atoms with Crippen molar-refractivity contribution in [3.8, 4) is 11.1 Å². The van der Waals surface area contributed by atoms with Crippen LogP contribution in [0.2, 0.25) is 5.15 Å². The smallest absolute Gasteiger partial charge is 0.248 e. The summed E-state index contributed by atoms with van der Waals surface area (Å²) in [4.78, 5) is 23.9. The van der Waals surface area contributed by atoms with Crippen LogP contribution in [0.5, 0.6) is 0 Å². The van der Waals surface area contributed by atoms with Crippen molar-refractivity contribution in [1.82, 2.24) is 15.0 Å². The molecule has 0 fully saturated rings. The van der Waals surface area contributed by atoms with Crippen LogP contribution in [0.25, 0.3) is 11.1 Å². The van der Waals surface area contributed by atoms with E-state index in [0.29, 0.717) is 16.7 Å². The monoisotopic (exact) mass is 385 g/mol. The SMILES string of the molecule is CC(C)(Nc1ncc(-c2cc(C(N)=O)ccc2F)cn1)c1cccnc1Cl. The zero-order valence-corrected chi connectivity index (χ0v) is 15.5. The van der Waals surface area contributed by atoms with Crippen molar-refractivity contribution < 1.29 is 9.18 Å². The van der Waals surface area contributed by atoms with Crippen LogP contribution in [0.3, 0.4) is 0 Å². The largest absolute Gasteiger partial charge is 0.366 e. The number of aromatic nitrogens is 3. The number of hydrogen-bond donors (Lipinski definition) is 2. The number of primary amides is 1. The average molecular weight is 386 g/mol. The van der Waals surface area contributed by atoms with Crippen LogP contribution < -0.4 is 11.1 Å². The van der Waals surface area contributed by atoms with E-state index in [2.05, 4.69) is 20.3 Å². The Morgan fingerprint density at radius 3 is 2.52 bits per heavy atom. The Hall–Kier alpha value is -3.06. The summed E-state index contributed by atoms with van der Waals surface area (Å²) in [7, 11) is 0. The topological polar surface area (TPSA) is 93.8 Å². The second-order valence-corrected chi connectivity index (χ2v) is 6.80. The molecule has 0 saturated heterocycles. The first kappa shape index (κ1) is 18.7. The summed E-state index contributed by atoms with van der Waals surface area (Å²) >= 11 is 6.17. The third-order valence-electron chi connectivity index (χ3n) is 4.07. The molecule has 3 N–H and O–H groups in total. The Morgan fingerprint density at radius 1 is 1.19 bits per heavy atom. The highest BCUT2D eigenvalue weighted by atomic mass is 35.5. The molecular formula is C19H17ClFN5O. The summed E-state index contributed by atoms with van der Waals surface area (Å²) in [5.74, 6) is -0.785. The van der Waals surface area contributed by atoms with Crippen LogP contribution in [0.1, 0.15) is 29.8 Å². The number of carbonyl (C=O) groups is 1. The number of halogens is 2. The lowest BCUT2D eigenvalue weighted by atomic mass is 9.96. The van der Waals surface area contributed by atoms with E-state index < -0.39 is 17.3 Å². The summed E-state index contributed by atoms with van der Waals surface area (Å²) in [5, 5.41) is 3.57. The highest BCUT2D eigenvalue weighted by Gasteiger charge is 2.24. The molecule has 8 heteroatoms. The third-order valence-corrected chi connectivity index (χ3v) is 4.37. The average Bonchev–Trinajstić information content (AvgIpc) is 2.62. The molecule has 0 atom stereocenters. The van der Waals surface area contributed by atoms with Crippen molar-refractivity contribution in [1.29, 1.82) is 0 Å². The molecule has 0 aliphatic carbocycles. The minimum Gasteiger partial charge on any atom is -0.366 e. The molecular weight excluding hydrogens is 369 g/mol. The first-order valence-corrected chi connectivity index (χ1v) is 8.46. The number of benzene rings is 1. The van der Waals surface area contributed by atoms with Crippen molar-refractivity contribution in [3.63, 3.8) is 0 Å². The highest BCUT2D eigenvalue weighted by Crippen LogP contribution is 2.29. The van der Waals surface area contributed by atoms with Crippen LogP contribution in [-0.4, -0.2) is 20.9 Å². The molecule has 27 heavy (non-hydrogen) atoms. The van der Waals surface area contributed by atoms with Gasteiger partial charge in [0.2, 0.25) is 11.9 Å². The summed E-state index contributed by atoms with van der Waals surface area (Å²) in [6.45, 7) is 3.84. The van der Waals surface area contributed by atoms with Gasteiger partial charge in [0.15, 0.2) is 0 Å². The zero-order chi connectivity index (χ0) is 19.6. The maximum atomic E-state index is 14.1. The molecule has 0 radical (unpaired) electrons. The second kappa shape index (κ2) is 7.28. The lowest BCUT2D eigenvalue weighted by molar-refractivity contribution is 0.100. The van der Waals surface area contributed by atoms with Crippen molar-refractivity contribution in [2.45, 2.75) is 19.4 Å². The van der Waals surface area contributed by atoms with Gasteiger partial charge < -0.3 is 11.1 Å². The Bertz CT molecular complexity index is 992. The molecule has 1 amide bonds. The zero-order valence-electron chi connectivity index (χ0n) is 14.7. The molecule has 3 aromatic rings. The quantitative estimate of drug-likeness (QED) is 0.652. The molecule has 6 nitrogen and oxygen atoms in total. The summed E-state index contributed by atoms with van der Waals surface area (Å²) in [6.07, 6.45) is 4.56. The first-order valence-electron chi connectivity index (χ1n) is 8.09. The second-order valence-electron chi connectivity index (χ2n) is 6.45. The number of nitrogens with zero attached hydrogens (tertiary/aromatic N) is 3. The normalized spacial score (nSPS) is 11.3. The maximum Gasteiger partial charge on any atom is 0.248 e. The molecule has 0 aliphatic heterocycles. The number of anilines is 1. The van der Waals surface area contributed by atoms with E-state index >= 15 is 0 Å². The van der Waals surface area contributed by atoms with Crippen LogP contribution in [0.4, 0.5) is 10.3 Å². The van der Waals surface area contributed by atoms with Crippen molar-refractivity contribution in [2.75, 3.05) is 5.32 Å². The lowest BCUT2D eigenvalue weighted by Crippen LogP contribution is -2.29. The number of rotatable bonds is 5. The predicted octanol–water partition coefficient (Wildman–Crippen LogP) is 3.78. The van der Waals surface area contributed by atoms with Crippen molar-refractivity contribution in [2.24, 2.45) is 5.73 Å². The fourth-order valence-corrected chi connectivity index (χ4v) is 2.99. The van der Waals surface area contributed by atoms with Gasteiger partial charge in [-0.2, -0.15) is 0 Å². The maximum absolute atomic E-state index is 14.1. The molecule has 3 rings (SSSR count). The number of nitrogens with two attached hydrogens (primary N) is 1. The van der Waals surface area contributed by atoms with E-state index in [4.69, 9.17) is 17.3 Å². The van der Waals surface area contributed by atoms with Gasteiger partial charge in [-0.25, -0.2) is 19.3 Å². The molecule has 0 aliphatic rings. The Morgan fingerprint density at radius 2 is 1.89 bits per heavy atom. The van der Waals surface area contributed by atoms with E-state index in [9.17, 15) is 9.18 Å². The van der Waals surface area contributed by atoms with Gasteiger partial charge in [0, 0.05) is 40.8 Å². The number of amides is 1. The minimum atomic E-state index is -0.634. The van der Waals surface area contributed by atoms with Gasteiger partial charge in [0.1, 0.15) is 11.0 Å². The third kappa shape index (κ3) is 4.03. The van der Waals surface area contributed by atoms with Crippen molar-refractivity contribution >= 4 is 23.5 Å². The number of hydrogen-bond acceptors (Lipinski definition) is 5. The highest BCUT2D eigenvalue weighted by molar-refractivity contribution is 6.30. The summed E-state index contributed by atoms with van der Waals surface area (Å²) in [5.41, 5.74) is 6.30. The minimum absolute atomic E-state index is 0.201. The molecule has 0 bridgehead atoms. The fraction of sp³-hybridized carbons (Fsp3) is 0.158. The standard InChI is InChI=1S/C19H17ClFN5O/c1-19(2,14-4-3-7-23-16(14)20)26-18-24-9-12(10-25-18)13-8-11(17(22)27)5-6-15(13)21/h3-10H,1-2H3,(H2,22,27)(H,24,25,26). The van der Waals surface area contributed by atoms with Gasteiger partial charge in [0.25, 0.3) is 0 Å². The number of carbonyl (C=O) groups excluding carboxylic acids is 1. The van der Waals surface area contributed by atoms with Gasteiger partial charge in [-0.15, -0.1) is 0 Å². The number of pyridine rings is 1.